The minimum atomic E-state index is -0.186. The Balaban J connectivity index is 1.55. The standard InChI is InChI=1S/C21H27FN2O2/c1-23(2)15-19-10-11-20(26-19)21(25)24-12-4-6-17(14-24)9-8-16-5-3-7-18(22)13-16/h3,5,7,10-11,13,17H,4,6,8-9,12,14-15H2,1-2H3/t17-/m0/s1. The van der Waals surface area contributed by atoms with Gasteiger partial charge in [-0.3, -0.25) is 4.79 Å². The molecule has 1 fully saturated rings. The lowest BCUT2D eigenvalue weighted by Crippen LogP contribution is -2.39. The first-order valence-corrected chi connectivity index (χ1v) is 9.28. The molecule has 1 saturated heterocycles. The Morgan fingerprint density at radius 2 is 2.15 bits per heavy atom. The third-order valence-electron chi connectivity index (χ3n) is 4.88. The molecule has 1 atom stereocenters. The molecule has 1 aromatic heterocycles. The van der Waals surface area contributed by atoms with E-state index in [1.165, 1.54) is 6.07 Å². The molecule has 26 heavy (non-hydrogen) atoms. The maximum atomic E-state index is 13.3. The number of furan rings is 1. The lowest BCUT2D eigenvalue weighted by molar-refractivity contribution is 0.0633. The maximum absolute atomic E-state index is 13.3. The van der Waals surface area contributed by atoms with E-state index in [1.54, 1.807) is 18.2 Å². The van der Waals surface area contributed by atoms with E-state index in [0.29, 0.717) is 18.2 Å². The van der Waals surface area contributed by atoms with Gasteiger partial charge in [-0.1, -0.05) is 12.1 Å². The lowest BCUT2D eigenvalue weighted by atomic mass is 9.91. The minimum Gasteiger partial charge on any atom is -0.455 e. The van der Waals surface area contributed by atoms with Crippen LogP contribution in [0.3, 0.4) is 0 Å². The molecule has 3 rings (SSSR count). The molecule has 1 amide bonds. The zero-order chi connectivity index (χ0) is 18.5. The number of aryl methyl sites for hydroxylation is 1. The third-order valence-corrected chi connectivity index (χ3v) is 4.88. The summed E-state index contributed by atoms with van der Waals surface area (Å²) in [6, 6.07) is 10.4. The fourth-order valence-electron chi connectivity index (χ4n) is 3.59. The van der Waals surface area contributed by atoms with Gasteiger partial charge in [-0.25, -0.2) is 4.39 Å². The van der Waals surface area contributed by atoms with Crippen molar-refractivity contribution in [2.24, 2.45) is 5.92 Å². The molecule has 1 aliphatic heterocycles. The van der Waals surface area contributed by atoms with E-state index in [-0.39, 0.29) is 11.7 Å². The molecule has 0 N–H and O–H groups in total. The van der Waals surface area contributed by atoms with Crippen LogP contribution in [0.25, 0.3) is 0 Å². The second-order valence-electron chi connectivity index (χ2n) is 7.43. The molecule has 140 valence electrons. The van der Waals surface area contributed by atoms with Crippen LogP contribution in [0.1, 0.15) is 41.1 Å². The van der Waals surface area contributed by atoms with Crippen molar-refractivity contribution in [2.75, 3.05) is 27.2 Å². The monoisotopic (exact) mass is 358 g/mol. The molecule has 0 saturated carbocycles. The molecule has 2 heterocycles. The van der Waals surface area contributed by atoms with E-state index in [9.17, 15) is 9.18 Å². The average molecular weight is 358 g/mol. The quantitative estimate of drug-likeness (QED) is 0.784. The van der Waals surface area contributed by atoms with Gasteiger partial charge in [0.25, 0.3) is 5.91 Å². The Hall–Kier alpha value is -2.14. The lowest BCUT2D eigenvalue weighted by Gasteiger charge is -2.32. The molecule has 4 nitrogen and oxygen atoms in total. The van der Waals surface area contributed by atoms with E-state index >= 15 is 0 Å². The summed E-state index contributed by atoms with van der Waals surface area (Å²) in [5.74, 6) is 1.47. The van der Waals surface area contributed by atoms with Crippen molar-refractivity contribution in [1.29, 1.82) is 0 Å². The fraction of sp³-hybridized carbons (Fsp3) is 0.476. The van der Waals surface area contributed by atoms with Crippen molar-refractivity contribution in [3.63, 3.8) is 0 Å². The first kappa shape index (κ1) is 18.6. The van der Waals surface area contributed by atoms with Crippen molar-refractivity contribution in [2.45, 2.75) is 32.2 Å². The van der Waals surface area contributed by atoms with Crippen LogP contribution < -0.4 is 0 Å². The molecule has 0 radical (unpaired) electrons. The number of rotatable bonds is 6. The van der Waals surface area contributed by atoms with Crippen molar-refractivity contribution in [3.8, 4) is 0 Å². The van der Waals surface area contributed by atoms with Crippen LogP contribution in [0.4, 0.5) is 4.39 Å². The van der Waals surface area contributed by atoms with Gasteiger partial charge >= 0.3 is 0 Å². The van der Waals surface area contributed by atoms with Crippen molar-refractivity contribution in [3.05, 3.63) is 59.3 Å². The summed E-state index contributed by atoms with van der Waals surface area (Å²) in [5.41, 5.74) is 1.02. The Kier molecular flexibility index (Phi) is 6.09. The highest BCUT2D eigenvalue weighted by atomic mass is 19.1. The molecule has 5 heteroatoms. The summed E-state index contributed by atoms with van der Waals surface area (Å²) < 4.78 is 19.0. The van der Waals surface area contributed by atoms with Gasteiger partial charge in [-0.15, -0.1) is 0 Å². The van der Waals surface area contributed by atoms with Crippen molar-refractivity contribution < 1.29 is 13.6 Å². The minimum absolute atomic E-state index is 0.0227. The number of hydrogen-bond acceptors (Lipinski definition) is 3. The first-order valence-electron chi connectivity index (χ1n) is 9.28. The normalized spacial score (nSPS) is 17.7. The summed E-state index contributed by atoms with van der Waals surface area (Å²) in [6.45, 7) is 2.21. The number of likely N-dealkylation sites (tertiary alicyclic amines) is 1. The molecule has 1 aliphatic rings. The second kappa shape index (κ2) is 8.49. The summed E-state index contributed by atoms with van der Waals surface area (Å²) in [4.78, 5) is 16.6. The number of benzene rings is 1. The molecule has 0 unspecified atom stereocenters. The Bertz CT molecular complexity index is 741. The van der Waals surface area contributed by atoms with Crippen LogP contribution in [0, 0.1) is 11.7 Å². The van der Waals surface area contributed by atoms with Crippen LogP contribution in [0.2, 0.25) is 0 Å². The van der Waals surface area contributed by atoms with Crippen molar-refractivity contribution >= 4 is 5.91 Å². The Morgan fingerprint density at radius 3 is 2.92 bits per heavy atom. The highest BCUT2D eigenvalue weighted by Crippen LogP contribution is 2.24. The number of carbonyl (C=O) groups is 1. The number of carbonyl (C=O) groups excluding carboxylic acids is 1. The van der Waals surface area contributed by atoms with E-state index in [1.807, 2.05) is 36.0 Å². The van der Waals surface area contributed by atoms with Gasteiger partial charge in [-0.2, -0.15) is 0 Å². The van der Waals surface area contributed by atoms with Gasteiger partial charge in [0.1, 0.15) is 11.6 Å². The second-order valence-corrected chi connectivity index (χ2v) is 7.43. The summed E-state index contributed by atoms with van der Waals surface area (Å²) in [5, 5.41) is 0. The fourth-order valence-corrected chi connectivity index (χ4v) is 3.59. The van der Waals surface area contributed by atoms with Gasteiger partial charge in [0.05, 0.1) is 6.54 Å². The van der Waals surface area contributed by atoms with Gasteiger partial charge in [0.2, 0.25) is 0 Å². The molecular weight excluding hydrogens is 331 g/mol. The third kappa shape index (κ3) is 4.94. The Morgan fingerprint density at radius 1 is 1.31 bits per heavy atom. The number of piperidine rings is 1. The number of halogens is 1. The van der Waals surface area contributed by atoms with Crippen LogP contribution in [-0.4, -0.2) is 42.9 Å². The highest BCUT2D eigenvalue weighted by Gasteiger charge is 2.26. The van der Waals surface area contributed by atoms with Crippen LogP contribution in [0.5, 0.6) is 0 Å². The van der Waals surface area contributed by atoms with Crippen LogP contribution >= 0.6 is 0 Å². The number of amides is 1. The average Bonchev–Trinajstić information content (AvgIpc) is 3.07. The molecule has 1 aromatic carbocycles. The number of nitrogens with zero attached hydrogens (tertiary/aromatic N) is 2. The van der Waals surface area contributed by atoms with E-state index in [0.717, 1.165) is 50.1 Å². The van der Waals surface area contributed by atoms with Gasteiger partial charge in [0, 0.05) is 13.1 Å². The topological polar surface area (TPSA) is 36.7 Å². The molecular formula is C21H27FN2O2. The summed E-state index contributed by atoms with van der Waals surface area (Å²) >= 11 is 0. The predicted octanol–water partition coefficient (Wildman–Crippen LogP) is 3.97. The molecule has 0 aliphatic carbocycles. The SMILES string of the molecule is CN(C)Cc1ccc(C(=O)N2CCC[C@@H](CCc3cccc(F)c3)C2)o1. The smallest absolute Gasteiger partial charge is 0.289 e. The summed E-state index contributed by atoms with van der Waals surface area (Å²) in [6.07, 6.45) is 3.93. The molecule has 0 spiro atoms. The van der Waals surface area contributed by atoms with E-state index in [4.69, 9.17) is 4.42 Å². The Labute approximate surface area is 154 Å². The van der Waals surface area contributed by atoms with Gasteiger partial charge in [0.15, 0.2) is 5.76 Å². The zero-order valence-corrected chi connectivity index (χ0v) is 15.6. The van der Waals surface area contributed by atoms with Crippen molar-refractivity contribution in [1.82, 2.24) is 9.80 Å². The molecule has 2 aromatic rings. The van der Waals surface area contributed by atoms with Crippen LogP contribution in [0.15, 0.2) is 40.8 Å². The van der Waals surface area contributed by atoms with Gasteiger partial charge in [-0.05, 0) is 75.5 Å². The predicted molar refractivity (Wildman–Crippen MR) is 99.4 cm³/mol. The first-order chi connectivity index (χ1) is 12.5. The number of hydrogen-bond donors (Lipinski definition) is 0. The summed E-state index contributed by atoms with van der Waals surface area (Å²) in [7, 11) is 3.94. The highest BCUT2D eigenvalue weighted by molar-refractivity contribution is 5.91. The van der Waals surface area contributed by atoms with Crippen LogP contribution in [-0.2, 0) is 13.0 Å². The van der Waals surface area contributed by atoms with E-state index in [2.05, 4.69) is 0 Å². The van der Waals surface area contributed by atoms with Gasteiger partial charge < -0.3 is 14.2 Å². The van der Waals surface area contributed by atoms with E-state index < -0.39 is 0 Å². The largest absolute Gasteiger partial charge is 0.455 e. The maximum Gasteiger partial charge on any atom is 0.289 e. The zero-order valence-electron chi connectivity index (χ0n) is 15.6. The molecule has 0 bridgehead atoms.